The minimum atomic E-state index is -2.84. The Hall–Kier alpha value is 2.33. The van der Waals surface area contributed by atoms with Gasteiger partial charge in [0.05, 0.1) is 27.5 Å². The molecule has 5 nitrogen and oxygen atoms in total. The minimum absolute atomic E-state index is 0.206. The molecule has 1 aliphatic rings. The molecular weight excluding hydrogens is 518 g/mol. The first-order valence-electron chi connectivity index (χ1n) is 7.65. The van der Waals surface area contributed by atoms with Gasteiger partial charge in [0.15, 0.2) is 0 Å². The zero-order valence-corrected chi connectivity index (χ0v) is 23.7. The van der Waals surface area contributed by atoms with Gasteiger partial charge in [-0.05, 0) is 32.7 Å². The topological polar surface area (TPSA) is 46.2 Å². The first-order valence-corrected chi connectivity index (χ1v) is 22.9. The number of hydrogen-bond donors (Lipinski definition) is 0. The summed E-state index contributed by atoms with van der Waals surface area (Å²) in [5.74, 6) is 0. The minimum Gasteiger partial charge on any atom is -0.414 e. The SMILES string of the molecule is C[Si]1(CCl)O[Si](C)(CCl)O[Si](C)(CCl)O[Si](C)(CCl)O[Si](C)(CCl)O1. The van der Waals surface area contributed by atoms with Gasteiger partial charge in [0.25, 0.3) is 0 Å². The lowest BCUT2D eigenvalue weighted by atomic mass is 11.9. The predicted octanol–water partition coefficient (Wildman–Crippen LogP) is 4.33. The average Bonchev–Trinajstić information content (AvgIpc) is 2.53. The van der Waals surface area contributed by atoms with Crippen molar-refractivity contribution < 1.29 is 20.6 Å². The maximum Gasteiger partial charge on any atom is 0.332 e. The van der Waals surface area contributed by atoms with Crippen LogP contribution >= 0.6 is 58.0 Å². The number of alkyl halides is 5. The second kappa shape index (κ2) is 9.43. The fraction of sp³-hybridized carbons (Fsp3) is 1.00. The standard InChI is InChI=1S/C10H25Cl5O5Si5/c1-21(6-11)16-22(2,7-12)18-24(4,9-14)20-25(5,10-15)19-23(3,8-13)17-21/h6-10H2,1-5H3. The quantitative estimate of drug-likeness (QED) is 0.382. The number of rotatable bonds is 5. The summed E-state index contributed by atoms with van der Waals surface area (Å²) in [5, 5.41) is 0. The summed E-state index contributed by atoms with van der Waals surface area (Å²) in [5.41, 5.74) is 1.03. The van der Waals surface area contributed by atoms with Crippen molar-refractivity contribution in [1.29, 1.82) is 0 Å². The Labute approximate surface area is 180 Å². The molecule has 0 N–H and O–H groups in total. The molecule has 150 valence electrons. The van der Waals surface area contributed by atoms with Gasteiger partial charge in [-0.3, -0.25) is 0 Å². The summed E-state index contributed by atoms with van der Waals surface area (Å²) in [6.45, 7) is 9.39. The molecule has 0 aliphatic carbocycles. The van der Waals surface area contributed by atoms with Gasteiger partial charge in [-0.1, -0.05) is 0 Å². The van der Waals surface area contributed by atoms with Crippen molar-refractivity contribution in [1.82, 2.24) is 0 Å². The van der Waals surface area contributed by atoms with E-state index in [1.165, 1.54) is 0 Å². The highest BCUT2D eigenvalue weighted by Crippen LogP contribution is 2.33. The normalized spacial score (nSPS) is 46.8. The van der Waals surface area contributed by atoms with E-state index < -0.39 is 42.8 Å². The zero-order valence-electron chi connectivity index (χ0n) is 15.0. The van der Waals surface area contributed by atoms with Crippen LogP contribution < -0.4 is 0 Å². The van der Waals surface area contributed by atoms with Crippen molar-refractivity contribution in [3.63, 3.8) is 0 Å². The summed E-state index contributed by atoms with van der Waals surface area (Å²) >= 11 is 31.1. The molecule has 0 saturated carbocycles. The molecule has 0 aromatic heterocycles. The Morgan fingerprint density at radius 3 is 0.600 bits per heavy atom. The van der Waals surface area contributed by atoms with Crippen LogP contribution in [0.15, 0.2) is 0 Å². The monoisotopic (exact) mass is 540 g/mol. The lowest BCUT2D eigenvalue weighted by Crippen LogP contribution is -2.70. The van der Waals surface area contributed by atoms with Gasteiger partial charge in [0.1, 0.15) is 0 Å². The highest BCUT2D eigenvalue weighted by Gasteiger charge is 2.56. The van der Waals surface area contributed by atoms with Crippen LogP contribution in [0.2, 0.25) is 32.7 Å². The maximum atomic E-state index is 6.34. The third-order valence-electron chi connectivity index (χ3n) is 3.37. The molecule has 25 heavy (non-hydrogen) atoms. The second-order valence-corrected chi connectivity index (χ2v) is 27.6. The van der Waals surface area contributed by atoms with Crippen LogP contribution in [-0.4, -0.2) is 70.3 Å². The summed E-state index contributed by atoms with van der Waals surface area (Å²) in [6, 6.07) is 0. The molecule has 1 fully saturated rings. The van der Waals surface area contributed by atoms with Gasteiger partial charge in [0.2, 0.25) is 0 Å². The molecule has 0 atom stereocenters. The fourth-order valence-corrected chi connectivity index (χ4v) is 30.7. The molecule has 1 rings (SSSR count). The molecule has 15 heteroatoms. The van der Waals surface area contributed by atoms with Crippen molar-refractivity contribution in [2.45, 2.75) is 32.7 Å². The van der Waals surface area contributed by atoms with E-state index in [0.717, 1.165) is 0 Å². The molecule has 0 unspecified atom stereocenters. The fourth-order valence-electron chi connectivity index (χ4n) is 2.66. The van der Waals surface area contributed by atoms with Crippen LogP contribution in [0.3, 0.4) is 0 Å². The molecule has 0 radical (unpaired) electrons. The Morgan fingerprint density at radius 1 is 0.400 bits per heavy atom. The van der Waals surface area contributed by atoms with E-state index in [0.29, 0.717) is 0 Å². The first kappa shape index (κ1) is 25.4. The van der Waals surface area contributed by atoms with E-state index in [1.54, 1.807) is 0 Å². The van der Waals surface area contributed by atoms with E-state index in [9.17, 15) is 0 Å². The van der Waals surface area contributed by atoms with Gasteiger partial charge >= 0.3 is 42.8 Å². The first-order chi connectivity index (χ1) is 11.3. The summed E-state index contributed by atoms with van der Waals surface area (Å²) in [6.07, 6.45) is 0. The van der Waals surface area contributed by atoms with E-state index in [2.05, 4.69) is 0 Å². The van der Waals surface area contributed by atoms with E-state index in [1.807, 2.05) is 32.7 Å². The molecule has 0 bridgehead atoms. The molecule has 1 aliphatic heterocycles. The van der Waals surface area contributed by atoms with Gasteiger partial charge in [-0.2, -0.15) is 0 Å². The Bertz CT molecular complexity index is 361. The Kier molecular flexibility index (Phi) is 9.57. The van der Waals surface area contributed by atoms with Crippen LogP contribution in [-0.2, 0) is 20.6 Å². The largest absolute Gasteiger partial charge is 0.414 e. The lowest BCUT2D eigenvalue weighted by molar-refractivity contribution is 0.236. The average molecular weight is 543 g/mol. The van der Waals surface area contributed by atoms with Crippen molar-refractivity contribution in [3.8, 4) is 0 Å². The van der Waals surface area contributed by atoms with Gasteiger partial charge in [0, 0.05) is 0 Å². The Balaban J connectivity index is 3.44. The van der Waals surface area contributed by atoms with Gasteiger partial charge in [-0.25, -0.2) is 0 Å². The molecule has 0 amide bonds. The van der Waals surface area contributed by atoms with Crippen molar-refractivity contribution >= 4 is 101 Å². The summed E-state index contributed by atoms with van der Waals surface area (Å²) < 4.78 is 31.7. The van der Waals surface area contributed by atoms with Crippen LogP contribution in [0.4, 0.5) is 0 Å². The molecule has 0 aromatic rings. The van der Waals surface area contributed by atoms with Crippen molar-refractivity contribution in [2.24, 2.45) is 0 Å². The summed E-state index contributed by atoms with van der Waals surface area (Å²) in [7, 11) is -14.2. The van der Waals surface area contributed by atoms with Crippen LogP contribution in [0.5, 0.6) is 0 Å². The summed E-state index contributed by atoms with van der Waals surface area (Å²) in [4.78, 5) is 0. The predicted molar refractivity (Wildman–Crippen MR) is 117 cm³/mol. The number of halogens is 5. The Morgan fingerprint density at radius 2 is 0.520 bits per heavy atom. The van der Waals surface area contributed by atoms with E-state index >= 15 is 0 Å². The van der Waals surface area contributed by atoms with Crippen LogP contribution in [0.1, 0.15) is 0 Å². The van der Waals surface area contributed by atoms with Crippen molar-refractivity contribution in [2.75, 3.05) is 27.5 Å². The van der Waals surface area contributed by atoms with E-state index in [-0.39, 0.29) is 27.5 Å². The molecule has 0 spiro atoms. The molecule has 1 saturated heterocycles. The zero-order chi connectivity index (χ0) is 19.6. The smallest absolute Gasteiger partial charge is 0.332 e. The van der Waals surface area contributed by atoms with Gasteiger partial charge in [-0.15, -0.1) is 58.0 Å². The highest BCUT2D eigenvalue weighted by atomic mass is 35.5. The van der Waals surface area contributed by atoms with Crippen LogP contribution in [0.25, 0.3) is 0 Å². The third-order valence-corrected chi connectivity index (χ3v) is 30.4. The maximum absolute atomic E-state index is 6.34. The lowest BCUT2D eigenvalue weighted by Gasteiger charge is -2.48. The van der Waals surface area contributed by atoms with Crippen molar-refractivity contribution in [3.05, 3.63) is 0 Å². The molecular formula is C10H25Cl5O5Si5. The van der Waals surface area contributed by atoms with Gasteiger partial charge < -0.3 is 20.6 Å². The second-order valence-electron chi connectivity index (χ2n) is 6.85. The highest BCUT2D eigenvalue weighted by molar-refractivity contribution is 6.98. The molecule has 0 aromatic carbocycles. The molecule has 1 heterocycles. The van der Waals surface area contributed by atoms with E-state index in [4.69, 9.17) is 78.6 Å². The van der Waals surface area contributed by atoms with Crippen LogP contribution in [0, 0.1) is 0 Å². The number of hydrogen-bond acceptors (Lipinski definition) is 5. The third kappa shape index (κ3) is 6.96.